The number of alkyl halides is 1. The molecule has 22 heavy (non-hydrogen) atoms. The van der Waals surface area contributed by atoms with Crippen LogP contribution in [0.15, 0.2) is 34.2 Å². The summed E-state index contributed by atoms with van der Waals surface area (Å²) in [4.78, 5) is 18.8. The fourth-order valence-electron chi connectivity index (χ4n) is 1.89. The second-order valence-corrected chi connectivity index (χ2v) is 6.20. The summed E-state index contributed by atoms with van der Waals surface area (Å²) in [6, 6.07) is 3.74. The fourth-order valence-corrected chi connectivity index (χ4v) is 3.27. The Morgan fingerprint density at radius 3 is 2.95 bits per heavy atom. The first-order chi connectivity index (χ1) is 10.5. The molecule has 0 fully saturated rings. The van der Waals surface area contributed by atoms with Crippen LogP contribution in [-0.2, 0) is 5.75 Å². The molecule has 2 rings (SSSR count). The smallest absolute Gasteiger partial charge is 0.268 e. The molecule has 0 aromatic carbocycles. The van der Waals surface area contributed by atoms with Gasteiger partial charge in [0, 0.05) is 29.0 Å². The number of aromatic nitrogens is 2. The topological polar surface area (TPSA) is 71.8 Å². The number of halogens is 2. The van der Waals surface area contributed by atoms with Crippen LogP contribution >= 0.6 is 35.0 Å². The Kier molecular flexibility index (Phi) is 5.94. The molecule has 0 aliphatic carbocycles. The normalized spacial score (nSPS) is 11.2. The number of hydrogen-bond acceptors (Lipinski definition) is 4. The number of hydrogen-bond donors (Lipinski definition) is 2. The van der Waals surface area contributed by atoms with Crippen LogP contribution in [0.5, 0.6) is 0 Å². The summed E-state index contributed by atoms with van der Waals surface area (Å²) in [6.45, 7) is 1.91. The van der Waals surface area contributed by atoms with Crippen LogP contribution in [0.4, 0.5) is 5.82 Å². The third kappa shape index (κ3) is 3.85. The average Bonchev–Trinajstić information content (AvgIpc) is 2.51. The van der Waals surface area contributed by atoms with E-state index in [-0.39, 0.29) is 10.6 Å². The van der Waals surface area contributed by atoms with Gasteiger partial charge in [-0.15, -0.1) is 23.4 Å². The van der Waals surface area contributed by atoms with Gasteiger partial charge in [-0.3, -0.25) is 4.79 Å². The molecule has 0 aliphatic heterocycles. The number of nitrogens with zero attached hydrogens (tertiary/aromatic N) is 1. The number of rotatable bonds is 5. The van der Waals surface area contributed by atoms with Gasteiger partial charge in [-0.25, -0.2) is 4.98 Å². The van der Waals surface area contributed by atoms with Gasteiger partial charge in [-0.2, -0.15) is 0 Å². The molecule has 0 unspecified atom stereocenters. The standard InChI is InChI=1S/C15H15Cl2N3OS/c1-9-11(5-2-6-16)12(17)14(21)20-15(9)22-8-10-4-3-7-19-13(10)18/h2-5,7H,6,8H2,1H3,(H2,18,19)(H,20,21)/b5-2-. The van der Waals surface area contributed by atoms with Crippen molar-refractivity contribution in [2.24, 2.45) is 0 Å². The van der Waals surface area contributed by atoms with Crippen molar-refractivity contribution in [3.63, 3.8) is 0 Å². The number of anilines is 1. The van der Waals surface area contributed by atoms with Gasteiger partial charge in [-0.1, -0.05) is 29.8 Å². The highest BCUT2D eigenvalue weighted by Gasteiger charge is 2.12. The predicted molar refractivity (Wildman–Crippen MR) is 94.8 cm³/mol. The number of thioether (sulfide) groups is 1. The minimum Gasteiger partial charge on any atom is -0.383 e. The van der Waals surface area contributed by atoms with Crippen LogP contribution in [0, 0.1) is 6.92 Å². The van der Waals surface area contributed by atoms with Gasteiger partial charge in [0.05, 0.1) is 5.03 Å². The van der Waals surface area contributed by atoms with E-state index in [9.17, 15) is 4.79 Å². The molecule has 0 atom stereocenters. The van der Waals surface area contributed by atoms with Gasteiger partial charge in [0.2, 0.25) is 0 Å². The number of pyridine rings is 2. The van der Waals surface area contributed by atoms with E-state index in [4.69, 9.17) is 28.9 Å². The number of allylic oxidation sites excluding steroid dienone is 1. The first kappa shape index (κ1) is 16.9. The number of aromatic amines is 1. The van der Waals surface area contributed by atoms with E-state index < -0.39 is 0 Å². The summed E-state index contributed by atoms with van der Waals surface area (Å²) >= 11 is 13.2. The van der Waals surface area contributed by atoms with E-state index in [1.165, 1.54) is 11.8 Å². The van der Waals surface area contributed by atoms with E-state index in [1.807, 2.05) is 19.1 Å². The number of nitrogen functional groups attached to an aromatic ring is 1. The summed E-state index contributed by atoms with van der Waals surface area (Å²) in [7, 11) is 0. The molecule has 0 spiro atoms. The minimum absolute atomic E-state index is 0.170. The van der Waals surface area contributed by atoms with E-state index in [0.29, 0.717) is 23.0 Å². The van der Waals surface area contributed by atoms with Crippen molar-refractivity contribution in [1.82, 2.24) is 9.97 Å². The lowest BCUT2D eigenvalue weighted by atomic mass is 10.1. The first-order valence-corrected chi connectivity index (χ1v) is 8.41. The summed E-state index contributed by atoms with van der Waals surface area (Å²) in [5.74, 6) is 1.46. The molecular formula is C15H15Cl2N3OS. The summed E-state index contributed by atoms with van der Waals surface area (Å²) < 4.78 is 0. The van der Waals surface area contributed by atoms with Gasteiger partial charge >= 0.3 is 0 Å². The zero-order valence-corrected chi connectivity index (χ0v) is 14.2. The zero-order valence-electron chi connectivity index (χ0n) is 11.9. The van der Waals surface area contributed by atoms with E-state index >= 15 is 0 Å². The molecule has 7 heteroatoms. The first-order valence-electron chi connectivity index (χ1n) is 6.51. The molecule has 0 amide bonds. The summed E-state index contributed by atoms with van der Waals surface area (Å²) in [5, 5.41) is 0.927. The van der Waals surface area contributed by atoms with Crippen LogP contribution in [0.1, 0.15) is 16.7 Å². The maximum Gasteiger partial charge on any atom is 0.268 e. The third-order valence-electron chi connectivity index (χ3n) is 3.08. The van der Waals surface area contributed by atoms with E-state index in [2.05, 4.69) is 9.97 Å². The van der Waals surface area contributed by atoms with Gasteiger partial charge in [0.1, 0.15) is 10.8 Å². The zero-order chi connectivity index (χ0) is 16.1. The van der Waals surface area contributed by atoms with Gasteiger partial charge in [-0.05, 0) is 18.6 Å². The number of H-pyrrole nitrogens is 1. The van der Waals surface area contributed by atoms with Crippen molar-refractivity contribution < 1.29 is 0 Å². The van der Waals surface area contributed by atoms with Crippen LogP contribution in [0.2, 0.25) is 5.02 Å². The van der Waals surface area contributed by atoms with Gasteiger partial charge < -0.3 is 10.7 Å². The molecule has 4 nitrogen and oxygen atoms in total. The van der Waals surface area contributed by atoms with Gasteiger partial charge in [0.15, 0.2) is 0 Å². The molecule has 3 N–H and O–H groups in total. The highest BCUT2D eigenvalue weighted by atomic mass is 35.5. The van der Waals surface area contributed by atoms with Crippen LogP contribution in [0.3, 0.4) is 0 Å². The van der Waals surface area contributed by atoms with Crippen molar-refractivity contribution in [2.75, 3.05) is 11.6 Å². The lowest BCUT2D eigenvalue weighted by molar-refractivity contribution is 1.03. The predicted octanol–water partition coefficient (Wildman–Crippen LogP) is 3.86. The molecule has 0 aliphatic rings. The number of nitrogens with one attached hydrogen (secondary N) is 1. The molecule has 0 saturated carbocycles. The highest BCUT2D eigenvalue weighted by Crippen LogP contribution is 2.29. The Balaban J connectivity index is 2.32. The van der Waals surface area contributed by atoms with E-state index in [0.717, 1.165) is 16.2 Å². The molecule has 0 radical (unpaired) electrons. The fraction of sp³-hybridized carbons (Fsp3) is 0.200. The van der Waals surface area contributed by atoms with Crippen molar-refractivity contribution in [3.05, 3.63) is 56.5 Å². The van der Waals surface area contributed by atoms with Crippen molar-refractivity contribution in [1.29, 1.82) is 0 Å². The molecule has 0 bridgehead atoms. The van der Waals surface area contributed by atoms with Crippen molar-refractivity contribution in [2.45, 2.75) is 17.7 Å². The quantitative estimate of drug-likeness (QED) is 0.630. The van der Waals surface area contributed by atoms with Crippen LogP contribution in [-0.4, -0.2) is 15.8 Å². The molecule has 0 saturated heterocycles. The Labute approximate surface area is 142 Å². The molecule has 116 valence electrons. The van der Waals surface area contributed by atoms with Crippen LogP contribution < -0.4 is 11.3 Å². The largest absolute Gasteiger partial charge is 0.383 e. The highest BCUT2D eigenvalue weighted by molar-refractivity contribution is 7.98. The Bertz CT molecular complexity index is 759. The second kappa shape index (κ2) is 7.72. The Morgan fingerprint density at radius 1 is 1.50 bits per heavy atom. The molecule has 2 aromatic rings. The SMILES string of the molecule is Cc1c(SCc2cccnc2N)[nH]c(=O)c(Cl)c1/C=C\CCl. The molecular weight excluding hydrogens is 341 g/mol. The molecule has 2 aromatic heterocycles. The van der Waals surface area contributed by atoms with Crippen LogP contribution in [0.25, 0.3) is 6.08 Å². The summed E-state index contributed by atoms with van der Waals surface area (Å²) in [5.41, 5.74) is 8.02. The number of nitrogens with two attached hydrogens (primary N) is 1. The van der Waals surface area contributed by atoms with Gasteiger partial charge in [0.25, 0.3) is 5.56 Å². The van der Waals surface area contributed by atoms with Crippen molar-refractivity contribution >= 4 is 46.9 Å². The monoisotopic (exact) mass is 355 g/mol. The average molecular weight is 356 g/mol. The molecule has 2 heterocycles. The lowest BCUT2D eigenvalue weighted by Gasteiger charge is -2.10. The maximum absolute atomic E-state index is 11.9. The van der Waals surface area contributed by atoms with Crippen molar-refractivity contribution in [3.8, 4) is 0 Å². The Morgan fingerprint density at radius 2 is 2.27 bits per heavy atom. The lowest BCUT2D eigenvalue weighted by Crippen LogP contribution is -2.11. The minimum atomic E-state index is -0.317. The van der Waals surface area contributed by atoms with E-state index in [1.54, 1.807) is 18.3 Å². The summed E-state index contributed by atoms with van der Waals surface area (Å²) in [6.07, 6.45) is 5.17. The second-order valence-electron chi connectivity index (χ2n) is 4.53. The maximum atomic E-state index is 11.9. The third-order valence-corrected chi connectivity index (χ3v) is 4.78. The Hall–Kier alpha value is -1.43.